The van der Waals surface area contributed by atoms with E-state index in [9.17, 15) is 4.79 Å². The average Bonchev–Trinajstić information content (AvgIpc) is 2.16. The van der Waals surface area contributed by atoms with Crippen LogP contribution in [0.3, 0.4) is 0 Å². The Morgan fingerprint density at radius 2 is 1.86 bits per heavy atom. The third-order valence-corrected chi connectivity index (χ3v) is 2.83. The van der Waals surface area contributed by atoms with Gasteiger partial charge in [-0.15, -0.1) is 0 Å². The summed E-state index contributed by atoms with van der Waals surface area (Å²) in [7, 11) is 0. The Morgan fingerprint density at radius 3 is 2.29 bits per heavy atom. The van der Waals surface area contributed by atoms with Gasteiger partial charge >= 0.3 is 5.97 Å². The second-order valence-electron chi connectivity index (χ2n) is 3.96. The smallest absolute Gasteiger partial charge is 0.322 e. The van der Waals surface area contributed by atoms with Gasteiger partial charge in [0, 0.05) is 0 Å². The molecule has 0 saturated heterocycles. The lowest BCUT2D eigenvalue weighted by Gasteiger charge is -2.20. The first-order chi connectivity index (χ1) is 6.52. The molecule has 3 nitrogen and oxygen atoms in total. The molecule has 0 rings (SSSR count). The van der Waals surface area contributed by atoms with Crippen LogP contribution in [0.25, 0.3) is 0 Å². The molecular formula is C11H23NO2. The van der Waals surface area contributed by atoms with Crippen LogP contribution >= 0.6 is 0 Å². The zero-order valence-corrected chi connectivity index (χ0v) is 9.75. The van der Waals surface area contributed by atoms with Crippen LogP contribution in [0, 0.1) is 11.8 Å². The molecule has 2 N–H and O–H groups in total. The molecule has 3 unspecified atom stereocenters. The average molecular weight is 201 g/mol. The van der Waals surface area contributed by atoms with E-state index in [4.69, 9.17) is 10.5 Å². The van der Waals surface area contributed by atoms with Crippen molar-refractivity contribution in [1.29, 1.82) is 0 Å². The first-order valence-electron chi connectivity index (χ1n) is 5.45. The molecule has 0 aromatic heterocycles. The van der Waals surface area contributed by atoms with Crippen LogP contribution in [0.5, 0.6) is 0 Å². The maximum atomic E-state index is 11.2. The fourth-order valence-electron chi connectivity index (χ4n) is 1.38. The number of ether oxygens (including phenoxy) is 1. The molecular weight excluding hydrogens is 178 g/mol. The molecule has 0 aromatic carbocycles. The SMILES string of the molecule is CCOC(=O)C(N)CC(C)C(C)CC. The highest BCUT2D eigenvalue weighted by molar-refractivity contribution is 5.75. The predicted molar refractivity (Wildman–Crippen MR) is 57.8 cm³/mol. The Labute approximate surface area is 87.0 Å². The molecule has 0 radical (unpaired) electrons. The number of nitrogens with two attached hydrogens (primary N) is 1. The van der Waals surface area contributed by atoms with E-state index in [-0.39, 0.29) is 5.97 Å². The van der Waals surface area contributed by atoms with Crippen molar-refractivity contribution in [1.82, 2.24) is 0 Å². The summed E-state index contributed by atoms with van der Waals surface area (Å²) in [5, 5.41) is 0. The summed E-state index contributed by atoms with van der Waals surface area (Å²) in [4.78, 5) is 11.2. The second-order valence-corrected chi connectivity index (χ2v) is 3.96. The lowest BCUT2D eigenvalue weighted by Crippen LogP contribution is -2.34. The maximum absolute atomic E-state index is 11.2. The van der Waals surface area contributed by atoms with Crippen LogP contribution in [0.1, 0.15) is 40.5 Å². The number of rotatable bonds is 6. The molecule has 0 aliphatic carbocycles. The summed E-state index contributed by atoms with van der Waals surface area (Å²) in [5.74, 6) is 0.803. The van der Waals surface area contributed by atoms with Gasteiger partial charge in [0.05, 0.1) is 6.61 Å². The van der Waals surface area contributed by atoms with Crippen LogP contribution in [-0.2, 0) is 9.53 Å². The molecule has 0 aromatic rings. The molecule has 3 atom stereocenters. The third kappa shape index (κ3) is 4.61. The fraction of sp³-hybridized carbons (Fsp3) is 0.909. The largest absolute Gasteiger partial charge is 0.465 e. The minimum absolute atomic E-state index is 0.275. The lowest BCUT2D eigenvalue weighted by atomic mass is 9.88. The summed E-state index contributed by atoms with van der Waals surface area (Å²) in [6.07, 6.45) is 1.84. The quantitative estimate of drug-likeness (QED) is 0.668. The van der Waals surface area contributed by atoms with E-state index < -0.39 is 6.04 Å². The van der Waals surface area contributed by atoms with E-state index in [2.05, 4.69) is 20.8 Å². The maximum Gasteiger partial charge on any atom is 0.322 e. The predicted octanol–water partition coefficient (Wildman–Crippen LogP) is 1.95. The lowest BCUT2D eigenvalue weighted by molar-refractivity contribution is -0.145. The first-order valence-corrected chi connectivity index (χ1v) is 5.45. The standard InChI is InChI=1S/C11H23NO2/c1-5-8(3)9(4)7-10(12)11(13)14-6-2/h8-10H,5-7,12H2,1-4H3. The molecule has 0 saturated carbocycles. The van der Waals surface area contributed by atoms with E-state index >= 15 is 0 Å². The van der Waals surface area contributed by atoms with Gasteiger partial charge in [-0.25, -0.2) is 0 Å². The van der Waals surface area contributed by atoms with Crippen molar-refractivity contribution in [2.45, 2.75) is 46.6 Å². The van der Waals surface area contributed by atoms with E-state index in [1.54, 1.807) is 6.92 Å². The second kappa shape index (κ2) is 6.82. The van der Waals surface area contributed by atoms with Crippen molar-refractivity contribution in [3.8, 4) is 0 Å². The Balaban J connectivity index is 3.92. The number of hydrogen-bond acceptors (Lipinski definition) is 3. The number of carbonyl (C=O) groups excluding carboxylic acids is 1. The van der Waals surface area contributed by atoms with Crippen molar-refractivity contribution < 1.29 is 9.53 Å². The highest BCUT2D eigenvalue weighted by Gasteiger charge is 2.20. The van der Waals surface area contributed by atoms with Gasteiger partial charge in [0.15, 0.2) is 0 Å². The van der Waals surface area contributed by atoms with E-state index in [0.29, 0.717) is 24.9 Å². The minimum atomic E-state index is -0.459. The topological polar surface area (TPSA) is 52.3 Å². The zero-order chi connectivity index (χ0) is 11.1. The fourth-order valence-corrected chi connectivity index (χ4v) is 1.38. The van der Waals surface area contributed by atoms with Gasteiger partial charge in [-0.1, -0.05) is 27.2 Å². The van der Waals surface area contributed by atoms with Gasteiger partial charge in [0.2, 0.25) is 0 Å². The van der Waals surface area contributed by atoms with Crippen molar-refractivity contribution in [2.24, 2.45) is 17.6 Å². The van der Waals surface area contributed by atoms with Gasteiger partial charge in [-0.2, -0.15) is 0 Å². The Kier molecular flexibility index (Phi) is 6.54. The van der Waals surface area contributed by atoms with Gasteiger partial charge in [0.25, 0.3) is 0 Å². The number of carbonyl (C=O) groups is 1. The normalized spacial score (nSPS) is 17.2. The molecule has 0 fully saturated rings. The molecule has 14 heavy (non-hydrogen) atoms. The number of esters is 1. The third-order valence-electron chi connectivity index (χ3n) is 2.83. The molecule has 0 aliphatic heterocycles. The van der Waals surface area contributed by atoms with Crippen molar-refractivity contribution in [3.63, 3.8) is 0 Å². The monoisotopic (exact) mass is 201 g/mol. The minimum Gasteiger partial charge on any atom is -0.465 e. The molecule has 0 amide bonds. The van der Waals surface area contributed by atoms with Crippen LogP contribution in [0.2, 0.25) is 0 Å². The Morgan fingerprint density at radius 1 is 1.29 bits per heavy atom. The van der Waals surface area contributed by atoms with Crippen molar-refractivity contribution in [2.75, 3.05) is 6.61 Å². The summed E-state index contributed by atoms with van der Waals surface area (Å²) >= 11 is 0. The zero-order valence-electron chi connectivity index (χ0n) is 9.75. The van der Waals surface area contributed by atoms with Gasteiger partial charge in [0.1, 0.15) is 6.04 Å². The van der Waals surface area contributed by atoms with E-state index in [0.717, 1.165) is 6.42 Å². The van der Waals surface area contributed by atoms with Crippen LogP contribution in [0.4, 0.5) is 0 Å². The van der Waals surface area contributed by atoms with Crippen LogP contribution in [0.15, 0.2) is 0 Å². The molecule has 84 valence electrons. The van der Waals surface area contributed by atoms with Gasteiger partial charge < -0.3 is 10.5 Å². The highest BCUT2D eigenvalue weighted by atomic mass is 16.5. The summed E-state index contributed by atoms with van der Waals surface area (Å²) in [5.41, 5.74) is 5.72. The molecule has 0 aliphatic rings. The van der Waals surface area contributed by atoms with Crippen molar-refractivity contribution in [3.05, 3.63) is 0 Å². The Bertz CT molecular complexity index is 171. The first kappa shape index (κ1) is 13.4. The summed E-state index contributed by atoms with van der Waals surface area (Å²) < 4.78 is 4.85. The molecule has 0 bridgehead atoms. The summed E-state index contributed by atoms with van der Waals surface area (Å²) in [6.45, 7) is 8.67. The molecule has 0 heterocycles. The van der Waals surface area contributed by atoms with Gasteiger partial charge in [-0.05, 0) is 25.2 Å². The highest BCUT2D eigenvalue weighted by Crippen LogP contribution is 2.19. The summed E-state index contributed by atoms with van der Waals surface area (Å²) in [6, 6.07) is -0.459. The van der Waals surface area contributed by atoms with Crippen molar-refractivity contribution >= 4 is 5.97 Å². The Hall–Kier alpha value is -0.570. The van der Waals surface area contributed by atoms with E-state index in [1.807, 2.05) is 0 Å². The number of hydrogen-bond donors (Lipinski definition) is 1. The molecule has 3 heteroatoms. The van der Waals surface area contributed by atoms with Crippen LogP contribution < -0.4 is 5.73 Å². The van der Waals surface area contributed by atoms with Gasteiger partial charge in [-0.3, -0.25) is 4.79 Å². The molecule has 0 spiro atoms. The van der Waals surface area contributed by atoms with Crippen LogP contribution in [-0.4, -0.2) is 18.6 Å². The van der Waals surface area contributed by atoms with E-state index in [1.165, 1.54) is 0 Å².